The maximum atomic E-state index is 12.7. The highest BCUT2D eigenvalue weighted by Gasteiger charge is 2.31. The summed E-state index contributed by atoms with van der Waals surface area (Å²) in [4.78, 5) is 8.81. The fraction of sp³-hybridized carbons (Fsp3) is 0.286. The lowest BCUT2D eigenvalue weighted by Gasteiger charge is -2.19. The maximum absolute atomic E-state index is 12.7. The molecule has 0 unspecified atom stereocenters. The normalized spacial score (nSPS) is 11.5. The van der Waals surface area contributed by atoms with Gasteiger partial charge in [-0.1, -0.05) is 32.0 Å². The molecule has 3 aromatic carbocycles. The number of hydrogen-bond acceptors (Lipinski definition) is 7. The molecule has 0 saturated heterocycles. The second-order valence-electron chi connectivity index (χ2n) is 8.41. The highest BCUT2D eigenvalue weighted by atomic mass is 19.4. The lowest BCUT2D eigenvalue weighted by atomic mass is 10.0. The Hall–Kier alpha value is -4.21. The molecule has 200 valence electrons. The summed E-state index contributed by atoms with van der Waals surface area (Å²) in [5.74, 6) is 1.85. The van der Waals surface area contributed by atoms with Crippen LogP contribution in [0.3, 0.4) is 0 Å². The fourth-order valence-corrected chi connectivity index (χ4v) is 4.04. The Labute approximate surface area is 218 Å². The molecule has 4 aromatic rings. The minimum Gasteiger partial charge on any atom is -0.495 e. The monoisotopic (exact) mass is 527 g/mol. The molecular weight excluding hydrogens is 499 g/mol. The minimum absolute atomic E-state index is 0.0243. The Kier molecular flexibility index (Phi) is 8.09. The molecule has 7 nitrogen and oxygen atoms in total. The van der Waals surface area contributed by atoms with E-state index in [1.54, 1.807) is 37.4 Å². The van der Waals surface area contributed by atoms with Crippen LogP contribution in [-0.2, 0) is 0 Å². The first kappa shape index (κ1) is 26.8. The van der Waals surface area contributed by atoms with E-state index in [1.807, 2.05) is 6.07 Å². The van der Waals surface area contributed by atoms with Crippen molar-refractivity contribution in [1.29, 1.82) is 0 Å². The molecule has 4 rings (SSSR count). The predicted molar refractivity (Wildman–Crippen MR) is 139 cm³/mol. The van der Waals surface area contributed by atoms with Crippen molar-refractivity contribution < 1.29 is 32.1 Å². The third kappa shape index (κ3) is 6.19. The molecule has 1 aromatic heterocycles. The average Bonchev–Trinajstić information content (AvgIpc) is 2.90. The third-order valence-corrected chi connectivity index (χ3v) is 5.98. The van der Waals surface area contributed by atoms with Crippen molar-refractivity contribution in [2.75, 3.05) is 19.5 Å². The summed E-state index contributed by atoms with van der Waals surface area (Å²) in [6, 6.07) is 14.6. The zero-order valence-corrected chi connectivity index (χ0v) is 21.4. The molecule has 1 N–H and O–H groups in total. The van der Waals surface area contributed by atoms with Crippen molar-refractivity contribution in [1.82, 2.24) is 9.97 Å². The van der Waals surface area contributed by atoms with Gasteiger partial charge in [0.15, 0.2) is 11.5 Å². The standard InChI is InChI=1S/C28H28F3N3O4/c1-5-19(6-2)37-26-14-21-22(15-25(26)36-4)32-16-33-27(21)34-23-13-18(10-11-24(23)35-3)17-8-7-9-20(12-17)38-28(29,30)31/h7-16,19H,5-6H2,1-4H3,(H,32,33,34). The van der Waals surface area contributed by atoms with Crippen molar-refractivity contribution in [2.24, 2.45) is 0 Å². The van der Waals surface area contributed by atoms with E-state index in [0.717, 1.165) is 12.8 Å². The van der Waals surface area contributed by atoms with E-state index in [0.29, 0.717) is 50.8 Å². The van der Waals surface area contributed by atoms with Gasteiger partial charge in [-0.3, -0.25) is 0 Å². The van der Waals surface area contributed by atoms with Crippen molar-refractivity contribution in [3.63, 3.8) is 0 Å². The number of nitrogens with one attached hydrogen (secondary N) is 1. The van der Waals surface area contributed by atoms with Crippen LogP contribution in [-0.4, -0.2) is 36.7 Å². The molecule has 0 amide bonds. The lowest BCUT2D eigenvalue weighted by molar-refractivity contribution is -0.274. The van der Waals surface area contributed by atoms with Gasteiger partial charge in [-0.25, -0.2) is 9.97 Å². The minimum atomic E-state index is -4.78. The van der Waals surface area contributed by atoms with Gasteiger partial charge in [0, 0.05) is 11.5 Å². The highest BCUT2D eigenvalue weighted by molar-refractivity contribution is 5.93. The molecule has 0 fully saturated rings. The molecule has 0 atom stereocenters. The van der Waals surface area contributed by atoms with E-state index in [4.69, 9.17) is 14.2 Å². The van der Waals surface area contributed by atoms with E-state index >= 15 is 0 Å². The second kappa shape index (κ2) is 11.5. The molecule has 0 aliphatic carbocycles. The van der Waals surface area contributed by atoms with Crippen LogP contribution >= 0.6 is 0 Å². The van der Waals surface area contributed by atoms with Gasteiger partial charge in [-0.2, -0.15) is 0 Å². The fourth-order valence-electron chi connectivity index (χ4n) is 4.04. The van der Waals surface area contributed by atoms with Crippen LogP contribution in [0.2, 0.25) is 0 Å². The van der Waals surface area contributed by atoms with Crippen molar-refractivity contribution >= 4 is 22.4 Å². The van der Waals surface area contributed by atoms with Crippen LogP contribution in [0, 0.1) is 0 Å². The summed E-state index contributed by atoms with van der Waals surface area (Å²) in [5, 5.41) is 3.99. The van der Waals surface area contributed by atoms with Crippen molar-refractivity contribution in [3.8, 4) is 34.1 Å². The summed E-state index contributed by atoms with van der Waals surface area (Å²) in [6.45, 7) is 4.12. The summed E-state index contributed by atoms with van der Waals surface area (Å²) >= 11 is 0. The van der Waals surface area contributed by atoms with E-state index in [1.165, 1.54) is 31.6 Å². The molecule has 0 aliphatic heterocycles. The van der Waals surface area contributed by atoms with Gasteiger partial charge in [-0.15, -0.1) is 13.2 Å². The summed E-state index contributed by atoms with van der Waals surface area (Å²) < 4.78 is 59.5. The van der Waals surface area contributed by atoms with Crippen LogP contribution in [0.4, 0.5) is 24.7 Å². The Morgan fingerprint density at radius 3 is 2.26 bits per heavy atom. The first-order chi connectivity index (χ1) is 18.2. The zero-order chi connectivity index (χ0) is 27.3. The summed E-state index contributed by atoms with van der Waals surface area (Å²) in [5.41, 5.74) is 2.39. The molecule has 0 bridgehead atoms. The summed E-state index contributed by atoms with van der Waals surface area (Å²) in [6.07, 6.45) is -1.64. The number of anilines is 2. The summed E-state index contributed by atoms with van der Waals surface area (Å²) in [7, 11) is 3.11. The van der Waals surface area contributed by atoms with Crippen LogP contribution < -0.4 is 24.3 Å². The van der Waals surface area contributed by atoms with E-state index in [9.17, 15) is 13.2 Å². The predicted octanol–water partition coefficient (Wildman–Crippen LogP) is 7.52. The van der Waals surface area contributed by atoms with Gasteiger partial charge in [0.05, 0.1) is 31.5 Å². The topological polar surface area (TPSA) is 74.7 Å². The number of hydrogen-bond donors (Lipinski definition) is 1. The Balaban J connectivity index is 1.74. The smallest absolute Gasteiger partial charge is 0.495 e. The van der Waals surface area contributed by atoms with E-state index in [2.05, 4.69) is 33.9 Å². The number of rotatable bonds is 10. The van der Waals surface area contributed by atoms with Crippen molar-refractivity contribution in [3.05, 3.63) is 60.9 Å². The third-order valence-electron chi connectivity index (χ3n) is 5.98. The number of ether oxygens (including phenoxy) is 4. The molecule has 0 radical (unpaired) electrons. The number of aromatic nitrogens is 2. The molecule has 1 heterocycles. The van der Waals surface area contributed by atoms with Gasteiger partial charge in [0.1, 0.15) is 23.6 Å². The Morgan fingerprint density at radius 2 is 1.58 bits per heavy atom. The van der Waals surface area contributed by atoms with E-state index in [-0.39, 0.29) is 11.9 Å². The van der Waals surface area contributed by atoms with Crippen LogP contribution in [0.15, 0.2) is 60.9 Å². The first-order valence-corrected chi connectivity index (χ1v) is 12.0. The van der Waals surface area contributed by atoms with Gasteiger partial charge >= 0.3 is 6.36 Å². The number of alkyl halides is 3. The number of benzene rings is 3. The second-order valence-corrected chi connectivity index (χ2v) is 8.41. The largest absolute Gasteiger partial charge is 0.573 e. The number of nitrogens with zero attached hydrogens (tertiary/aromatic N) is 2. The Morgan fingerprint density at radius 1 is 0.842 bits per heavy atom. The van der Waals surface area contributed by atoms with Crippen LogP contribution in [0.25, 0.3) is 22.0 Å². The molecule has 0 spiro atoms. The van der Waals surface area contributed by atoms with Crippen LogP contribution in [0.1, 0.15) is 26.7 Å². The highest BCUT2D eigenvalue weighted by Crippen LogP contribution is 2.38. The average molecular weight is 528 g/mol. The maximum Gasteiger partial charge on any atom is 0.573 e. The first-order valence-electron chi connectivity index (χ1n) is 12.0. The molecule has 0 aliphatic rings. The van der Waals surface area contributed by atoms with Gasteiger partial charge in [0.2, 0.25) is 0 Å². The molecular formula is C28H28F3N3O4. The van der Waals surface area contributed by atoms with E-state index < -0.39 is 6.36 Å². The van der Waals surface area contributed by atoms with Crippen LogP contribution in [0.5, 0.6) is 23.0 Å². The molecule has 0 saturated carbocycles. The van der Waals surface area contributed by atoms with Gasteiger partial charge in [0.25, 0.3) is 0 Å². The van der Waals surface area contributed by atoms with Crippen molar-refractivity contribution in [2.45, 2.75) is 39.2 Å². The SMILES string of the molecule is CCC(CC)Oc1cc2c(Nc3cc(-c4cccc(OC(F)(F)F)c4)ccc3OC)ncnc2cc1OC. The van der Waals surface area contributed by atoms with Gasteiger partial charge in [-0.05, 0) is 54.3 Å². The van der Waals surface area contributed by atoms with Gasteiger partial charge < -0.3 is 24.3 Å². The number of halogens is 3. The number of methoxy groups -OCH3 is 2. The zero-order valence-electron chi connectivity index (χ0n) is 21.4. The quantitative estimate of drug-likeness (QED) is 0.229. The lowest BCUT2D eigenvalue weighted by Crippen LogP contribution is -2.17. The molecule has 10 heteroatoms. The molecule has 38 heavy (non-hydrogen) atoms. The Bertz CT molecular complexity index is 1410. The number of fused-ring (bicyclic) bond motifs is 1.